The highest BCUT2D eigenvalue weighted by Gasteiger charge is 2.16. The molecule has 5 heteroatoms. The highest BCUT2D eigenvalue weighted by atomic mass is 16.5. The number of anilines is 1. The molecule has 1 fully saturated rings. The van der Waals surface area contributed by atoms with E-state index in [1.807, 2.05) is 30.0 Å². The third-order valence-electron chi connectivity index (χ3n) is 3.23. The Bertz CT molecular complexity index is 442. The molecule has 1 aliphatic rings. The van der Waals surface area contributed by atoms with Crippen LogP contribution in [0.15, 0.2) is 18.2 Å². The number of amides is 1. The number of morpholine rings is 1. The second kappa shape index (κ2) is 6.43. The van der Waals surface area contributed by atoms with Crippen LogP contribution in [0.1, 0.15) is 5.56 Å². The Morgan fingerprint density at radius 3 is 2.79 bits per heavy atom. The summed E-state index contributed by atoms with van der Waals surface area (Å²) in [5, 5.41) is 3.17. The minimum absolute atomic E-state index is 0.110. The minimum Gasteiger partial charge on any atom is -0.497 e. The Morgan fingerprint density at radius 1 is 1.42 bits per heavy atom. The van der Waals surface area contributed by atoms with Gasteiger partial charge in [0.05, 0.1) is 26.9 Å². The Kier molecular flexibility index (Phi) is 4.63. The molecule has 1 aliphatic heterocycles. The zero-order chi connectivity index (χ0) is 13.7. The van der Waals surface area contributed by atoms with E-state index in [-0.39, 0.29) is 5.91 Å². The normalized spacial score (nSPS) is 15.2. The highest BCUT2D eigenvalue weighted by Crippen LogP contribution is 2.20. The molecular weight excluding hydrogens is 244 g/mol. The average molecular weight is 264 g/mol. The van der Waals surface area contributed by atoms with Crippen molar-refractivity contribution in [2.45, 2.75) is 6.92 Å². The minimum atomic E-state index is 0.110. The largest absolute Gasteiger partial charge is 0.497 e. The lowest BCUT2D eigenvalue weighted by Crippen LogP contribution is -2.43. The summed E-state index contributed by atoms with van der Waals surface area (Å²) in [6.07, 6.45) is 0. The predicted molar refractivity (Wildman–Crippen MR) is 73.6 cm³/mol. The quantitative estimate of drug-likeness (QED) is 0.890. The van der Waals surface area contributed by atoms with E-state index < -0.39 is 0 Å². The van der Waals surface area contributed by atoms with Gasteiger partial charge in [-0.25, -0.2) is 0 Å². The van der Waals surface area contributed by atoms with Gasteiger partial charge in [-0.05, 0) is 30.7 Å². The van der Waals surface area contributed by atoms with Gasteiger partial charge in [0.2, 0.25) is 5.91 Å². The summed E-state index contributed by atoms with van der Waals surface area (Å²) in [5.41, 5.74) is 2.02. The molecule has 0 aliphatic carbocycles. The lowest BCUT2D eigenvalue weighted by Gasteiger charge is -2.27. The van der Waals surface area contributed by atoms with E-state index in [0.29, 0.717) is 32.8 Å². The molecule has 1 N–H and O–H groups in total. The smallest absolute Gasteiger partial charge is 0.242 e. The van der Waals surface area contributed by atoms with Crippen LogP contribution in [0.25, 0.3) is 0 Å². The van der Waals surface area contributed by atoms with E-state index in [4.69, 9.17) is 9.47 Å². The molecule has 104 valence electrons. The molecule has 1 aromatic rings. The number of hydrogen-bond donors (Lipinski definition) is 1. The topological polar surface area (TPSA) is 50.8 Å². The lowest BCUT2D eigenvalue weighted by molar-refractivity contribution is -0.133. The summed E-state index contributed by atoms with van der Waals surface area (Å²) in [6, 6.07) is 5.76. The summed E-state index contributed by atoms with van der Waals surface area (Å²) >= 11 is 0. The van der Waals surface area contributed by atoms with Crippen molar-refractivity contribution in [3.8, 4) is 5.75 Å². The van der Waals surface area contributed by atoms with Gasteiger partial charge in [0.15, 0.2) is 0 Å². The summed E-state index contributed by atoms with van der Waals surface area (Å²) < 4.78 is 10.4. The summed E-state index contributed by atoms with van der Waals surface area (Å²) in [4.78, 5) is 13.8. The maximum atomic E-state index is 12.0. The number of aryl methyl sites for hydroxylation is 1. The van der Waals surface area contributed by atoms with Crippen LogP contribution in [0.2, 0.25) is 0 Å². The number of rotatable bonds is 4. The molecule has 0 bridgehead atoms. The number of nitrogens with one attached hydrogen (secondary N) is 1. The third-order valence-corrected chi connectivity index (χ3v) is 3.23. The molecule has 2 rings (SSSR count). The first-order valence-corrected chi connectivity index (χ1v) is 6.45. The average Bonchev–Trinajstić information content (AvgIpc) is 2.46. The molecule has 1 saturated heterocycles. The van der Waals surface area contributed by atoms with Crippen molar-refractivity contribution in [2.24, 2.45) is 0 Å². The molecule has 1 heterocycles. The molecule has 0 atom stereocenters. The van der Waals surface area contributed by atoms with Crippen LogP contribution in [0.5, 0.6) is 5.75 Å². The SMILES string of the molecule is COc1ccc(NCC(=O)N2CCOCC2)c(C)c1. The fourth-order valence-electron chi connectivity index (χ4n) is 2.06. The van der Waals surface area contributed by atoms with Gasteiger partial charge in [-0.2, -0.15) is 0 Å². The van der Waals surface area contributed by atoms with E-state index in [1.165, 1.54) is 0 Å². The molecule has 0 saturated carbocycles. The molecule has 0 aromatic heterocycles. The van der Waals surface area contributed by atoms with Gasteiger partial charge in [-0.3, -0.25) is 4.79 Å². The number of nitrogens with zero attached hydrogens (tertiary/aromatic N) is 1. The fourth-order valence-corrected chi connectivity index (χ4v) is 2.06. The third kappa shape index (κ3) is 3.61. The molecule has 0 radical (unpaired) electrons. The Morgan fingerprint density at radius 2 is 2.16 bits per heavy atom. The number of methoxy groups -OCH3 is 1. The summed E-state index contributed by atoms with van der Waals surface area (Å²) in [7, 11) is 1.64. The Balaban J connectivity index is 1.89. The van der Waals surface area contributed by atoms with E-state index in [0.717, 1.165) is 17.0 Å². The second-order valence-electron chi connectivity index (χ2n) is 4.53. The molecule has 1 amide bonds. The molecule has 19 heavy (non-hydrogen) atoms. The van der Waals surface area contributed by atoms with Crippen molar-refractivity contribution >= 4 is 11.6 Å². The maximum absolute atomic E-state index is 12.0. The first-order chi connectivity index (χ1) is 9.20. The van der Waals surface area contributed by atoms with Crippen LogP contribution in [0.4, 0.5) is 5.69 Å². The van der Waals surface area contributed by atoms with Crippen molar-refractivity contribution in [3.05, 3.63) is 23.8 Å². The lowest BCUT2D eigenvalue weighted by atomic mass is 10.2. The summed E-state index contributed by atoms with van der Waals surface area (Å²) in [5.74, 6) is 0.932. The number of benzene rings is 1. The molecule has 0 spiro atoms. The number of carbonyl (C=O) groups excluding carboxylic acids is 1. The number of hydrogen-bond acceptors (Lipinski definition) is 4. The van der Waals surface area contributed by atoms with Crippen LogP contribution in [0.3, 0.4) is 0 Å². The second-order valence-corrected chi connectivity index (χ2v) is 4.53. The molecule has 1 aromatic carbocycles. The molecule has 5 nitrogen and oxygen atoms in total. The van der Waals surface area contributed by atoms with Gasteiger partial charge in [0.1, 0.15) is 5.75 Å². The predicted octanol–water partition coefficient (Wildman–Crippen LogP) is 1.27. The monoisotopic (exact) mass is 264 g/mol. The highest BCUT2D eigenvalue weighted by molar-refractivity contribution is 5.81. The molecule has 0 unspecified atom stereocenters. The van der Waals surface area contributed by atoms with E-state index in [9.17, 15) is 4.79 Å². The standard InChI is InChI=1S/C14H20N2O3/c1-11-9-12(18-2)3-4-13(11)15-10-14(17)16-5-7-19-8-6-16/h3-4,9,15H,5-8,10H2,1-2H3. The van der Waals surface area contributed by atoms with Crippen molar-refractivity contribution in [1.82, 2.24) is 4.90 Å². The number of carbonyl (C=O) groups is 1. The van der Waals surface area contributed by atoms with Crippen molar-refractivity contribution in [1.29, 1.82) is 0 Å². The van der Waals surface area contributed by atoms with E-state index >= 15 is 0 Å². The van der Waals surface area contributed by atoms with Crippen molar-refractivity contribution in [3.63, 3.8) is 0 Å². The van der Waals surface area contributed by atoms with Crippen LogP contribution >= 0.6 is 0 Å². The Labute approximate surface area is 113 Å². The van der Waals surface area contributed by atoms with Crippen LogP contribution < -0.4 is 10.1 Å². The first-order valence-electron chi connectivity index (χ1n) is 6.45. The summed E-state index contributed by atoms with van der Waals surface area (Å²) in [6.45, 7) is 4.93. The van der Waals surface area contributed by atoms with E-state index in [1.54, 1.807) is 7.11 Å². The van der Waals surface area contributed by atoms with Gasteiger partial charge < -0.3 is 19.7 Å². The van der Waals surface area contributed by atoms with Gasteiger partial charge in [0.25, 0.3) is 0 Å². The van der Waals surface area contributed by atoms with Gasteiger partial charge in [-0.1, -0.05) is 0 Å². The van der Waals surface area contributed by atoms with Crippen molar-refractivity contribution in [2.75, 3.05) is 45.3 Å². The van der Waals surface area contributed by atoms with Crippen LogP contribution in [-0.4, -0.2) is 50.8 Å². The van der Waals surface area contributed by atoms with Gasteiger partial charge in [-0.15, -0.1) is 0 Å². The zero-order valence-electron chi connectivity index (χ0n) is 11.4. The maximum Gasteiger partial charge on any atom is 0.242 e. The zero-order valence-corrected chi connectivity index (χ0v) is 11.4. The first kappa shape index (κ1) is 13.7. The molecular formula is C14H20N2O3. The van der Waals surface area contributed by atoms with Crippen LogP contribution in [0, 0.1) is 6.92 Å². The van der Waals surface area contributed by atoms with Crippen molar-refractivity contribution < 1.29 is 14.3 Å². The van der Waals surface area contributed by atoms with E-state index in [2.05, 4.69) is 5.32 Å². The Hall–Kier alpha value is -1.75. The fraction of sp³-hybridized carbons (Fsp3) is 0.500. The number of ether oxygens (including phenoxy) is 2. The van der Waals surface area contributed by atoms with Gasteiger partial charge in [0, 0.05) is 18.8 Å². The van der Waals surface area contributed by atoms with Gasteiger partial charge >= 0.3 is 0 Å². The van der Waals surface area contributed by atoms with Crippen LogP contribution in [-0.2, 0) is 9.53 Å².